The lowest BCUT2D eigenvalue weighted by molar-refractivity contribution is -0.113. The maximum Gasteiger partial charge on any atom is 0.271 e. The van der Waals surface area contributed by atoms with E-state index in [1.54, 1.807) is 44.2 Å². The molecule has 1 atom stereocenters. The number of para-hydroxylation sites is 1. The zero-order chi connectivity index (χ0) is 30.2. The number of carbonyl (C=O) groups excluding carboxylic acids is 1. The molecule has 1 amide bonds. The predicted molar refractivity (Wildman–Crippen MR) is 156 cm³/mol. The largest absolute Gasteiger partial charge is 0.483 e. The van der Waals surface area contributed by atoms with Crippen LogP contribution in [-0.4, -0.2) is 10.5 Å². The second-order valence-corrected chi connectivity index (χ2v) is 11.0. The van der Waals surface area contributed by atoms with Crippen LogP contribution in [0.1, 0.15) is 41.6 Å². The average molecular weight is 602 g/mol. The van der Waals surface area contributed by atoms with Crippen LogP contribution in [0.5, 0.6) is 5.75 Å². The Morgan fingerprint density at radius 1 is 1.07 bits per heavy atom. The summed E-state index contributed by atoms with van der Waals surface area (Å²) in [6, 6.07) is 16.4. The molecule has 2 aromatic carbocycles. The first-order valence-corrected chi connectivity index (χ1v) is 14.1. The molecule has 0 aliphatic carbocycles. The highest BCUT2D eigenvalue weighted by Gasteiger charge is 2.34. The van der Waals surface area contributed by atoms with Gasteiger partial charge in [0.25, 0.3) is 11.5 Å². The molecule has 1 aliphatic rings. The number of allylic oxidation sites excluding steroid dienone is 1. The van der Waals surface area contributed by atoms with Gasteiger partial charge >= 0.3 is 0 Å². The van der Waals surface area contributed by atoms with Crippen molar-refractivity contribution in [2.24, 2.45) is 4.99 Å². The summed E-state index contributed by atoms with van der Waals surface area (Å²) in [5, 5.41) is 2.96. The number of hydrogen-bond donors (Lipinski definition) is 1. The van der Waals surface area contributed by atoms with Crippen molar-refractivity contribution < 1.29 is 27.1 Å². The van der Waals surface area contributed by atoms with Gasteiger partial charge in [0.1, 0.15) is 41.5 Å². The zero-order valence-electron chi connectivity index (χ0n) is 23.3. The fraction of sp³-hybridized carbons (Fsp3) is 0.156. The Bertz CT molecular complexity index is 2090. The maximum absolute atomic E-state index is 13.9. The van der Waals surface area contributed by atoms with Gasteiger partial charge < -0.3 is 18.9 Å². The van der Waals surface area contributed by atoms with Crippen LogP contribution in [0.15, 0.2) is 96.6 Å². The molecule has 0 fully saturated rings. The van der Waals surface area contributed by atoms with Crippen LogP contribution >= 0.6 is 11.3 Å². The summed E-state index contributed by atoms with van der Waals surface area (Å²) in [5.41, 5.74) is 1.92. The minimum Gasteiger partial charge on any atom is -0.483 e. The topological polar surface area (TPSA) is 99.0 Å². The van der Waals surface area contributed by atoms with E-state index in [2.05, 4.69) is 10.3 Å². The van der Waals surface area contributed by atoms with Crippen LogP contribution in [0, 0.1) is 25.5 Å². The third kappa shape index (κ3) is 5.59. The summed E-state index contributed by atoms with van der Waals surface area (Å²) in [7, 11) is 0. The van der Waals surface area contributed by atoms with E-state index >= 15 is 0 Å². The number of nitrogens with one attached hydrogen (secondary N) is 1. The van der Waals surface area contributed by atoms with E-state index in [0.29, 0.717) is 49.3 Å². The van der Waals surface area contributed by atoms with Gasteiger partial charge in [0.2, 0.25) is 0 Å². The summed E-state index contributed by atoms with van der Waals surface area (Å²) >= 11 is 1.15. The quantitative estimate of drug-likeness (QED) is 0.264. The van der Waals surface area contributed by atoms with Crippen molar-refractivity contribution in [1.29, 1.82) is 0 Å². The Morgan fingerprint density at radius 3 is 2.63 bits per heavy atom. The van der Waals surface area contributed by atoms with Crippen molar-refractivity contribution in [2.45, 2.75) is 33.4 Å². The molecule has 0 saturated heterocycles. The highest BCUT2D eigenvalue weighted by Crippen LogP contribution is 2.32. The van der Waals surface area contributed by atoms with Crippen LogP contribution in [-0.2, 0) is 11.4 Å². The molecule has 1 N–H and O–H groups in total. The molecule has 43 heavy (non-hydrogen) atoms. The normalized spacial score (nSPS) is 14.9. The van der Waals surface area contributed by atoms with Crippen LogP contribution in [0.2, 0.25) is 0 Å². The molecular formula is C32H25F2N3O5S. The van der Waals surface area contributed by atoms with Gasteiger partial charge in [0.15, 0.2) is 16.4 Å². The number of carbonyl (C=O) groups is 1. The van der Waals surface area contributed by atoms with Gasteiger partial charge in [-0.3, -0.25) is 14.2 Å². The highest BCUT2D eigenvalue weighted by molar-refractivity contribution is 7.07. The average Bonchev–Trinajstić information content (AvgIpc) is 3.68. The number of furan rings is 2. The molecule has 0 radical (unpaired) electrons. The number of hydrogen-bond acceptors (Lipinski definition) is 7. The maximum atomic E-state index is 13.9. The first-order chi connectivity index (χ1) is 20.7. The number of ether oxygens (including phenoxy) is 1. The third-order valence-electron chi connectivity index (χ3n) is 6.91. The summed E-state index contributed by atoms with van der Waals surface area (Å²) in [6.07, 6.45) is 1.57. The molecule has 8 nitrogen and oxygen atoms in total. The van der Waals surface area contributed by atoms with E-state index < -0.39 is 23.6 Å². The molecule has 3 aromatic heterocycles. The minimum atomic E-state index is -0.845. The molecule has 0 spiro atoms. The second kappa shape index (κ2) is 11.3. The Labute approximate surface area is 247 Å². The number of fused-ring (bicyclic) bond motifs is 1. The molecule has 0 unspecified atom stereocenters. The summed E-state index contributed by atoms with van der Waals surface area (Å²) in [6.45, 7) is 5.31. The molecule has 11 heteroatoms. The zero-order valence-corrected chi connectivity index (χ0v) is 24.1. The fourth-order valence-corrected chi connectivity index (χ4v) is 5.83. The molecular weight excluding hydrogens is 576 g/mol. The number of anilines is 1. The van der Waals surface area contributed by atoms with Crippen molar-refractivity contribution >= 4 is 29.0 Å². The minimum absolute atomic E-state index is 0.103. The number of benzene rings is 2. The van der Waals surface area contributed by atoms with Crippen LogP contribution < -0.4 is 24.9 Å². The fourth-order valence-electron chi connectivity index (χ4n) is 4.80. The highest BCUT2D eigenvalue weighted by atomic mass is 32.1. The van der Waals surface area contributed by atoms with Crippen molar-refractivity contribution in [3.63, 3.8) is 0 Å². The monoisotopic (exact) mass is 601 g/mol. The number of aromatic nitrogens is 1. The Kier molecular flexibility index (Phi) is 7.41. The van der Waals surface area contributed by atoms with Gasteiger partial charge in [0.05, 0.1) is 15.8 Å². The summed E-state index contributed by atoms with van der Waals surface area (Å²) in [4.78, 5) is 32.5. The number of aryl methyl sites for hydroxylation is 2. The van der Waals surface area contributed by atoms with Crippen molar-refractivity contribution in [1.82, 2.24) is 4.57 Å². The number of nitrogens with zero attached hydrogens (tertiary/aromatic N) is 2. The van der Waals surface area contributed by atoms with Gasteiger partial charge in [-0.15, -0.1) is 0 Å². The number of thiazole rings is 1. The van der Waals surface area contributed by atoms with E-state index in [9.17, 15) is 18.4 Å². The van der Waals surface area contributed by atoms with Crippen LogP contribution in [0.25, 0.3) is 6.08 Å². The standard InChI is InChI=1S/C32H25F2N3O5S/c1-17-6-4-5-7-24(17)36-30(38)28-19(3)35-32-37(29(28)26-12-8-18(2)41-26)31(39)27(43-32)15-21-10-11-22(42-21)16-40-25-13-9-20(33)14-23(25)34/h4-15,29H,16H2,1-3H3,(H,36,38)/b27-15+/t29-/m0/s1. The Morgan fingerprint density at radius 2 is 1.88 bits per heavy atom. The van der Waals surface area contributed by atoms with Gasteiger partial charge in [-0.1, -0.05) is 29.5 Å². The Hall–Kier alpha value is -5.03. The van der Waals surface area contributed by atoms with E-state index in [4.69, 9.17) is 13.6 Å². The summed E-state index contributed by atoms with van der Waals surface area (Å²) in [5.74, 6) is -0.229. The molecule has 218 valence electrons. The molecule has 1 aliphatic heterocycles. The van der Waals surface area contributed by atoms with E-state index in [-0.39, 0.29) is 17.9 Å². The van der Waals surface area contributed by atoms with Crippen LogP contribution in [0.3, 0.4) is 0 Å². The summed E-state index contributed by atoms with van der Waals surface area (Å²) < 4.78 is 46.0. The molecule has 6 rings (SSSR count). The van der Waals surface area contributed by atoms with Gasteiger partial charge in [-0.05, 0) is 68.8 Å². The van der Waals surface area contributed by atoms with Gasteiger partial charge in [-0.25, -0.2) is 13.8 Å². The molecule has 0 saturated carbocycles. The van der Waals surface area contributed by atoms with Gasteiger partial charge in [0, 0.05) is 17.8 Å². The third-order valence-corrected chi connectivity index (χ3v) is 7.89. The van der Waals surface area contributed by atoms with Crippen molar-refractivity contribution in [3.8, 4) is 5.75 Å². The number of halogens is 2. The first kappa shape index (κ1) is 28.1. The number of rotatable bonds is 7. The van der Waals surface area contributed by atoms with Gasteiger partial charge in [-0.2, -0.15) is 0 Å². The van der Waals surface area contributed by atoms with Crippen molar-refractivity contribution in [2.75, 3.05) is 5.32 Å². The predicted octanol–water partition coefficient (Wildman–Crippen LogP) is 5.53. The molecule has 4 heterocycles. The first-order valence-electron chi connectivity index (χ1n) is 13.3. The SMILES string of the molecule is CC1=C(C(=O)Nc2ccccc2C)[C@H](c2ccc(C)o2)n2c(s/c(=C/c3ccc(COc4ccc(F)cc4F)o3)c2=O)=N1. The van der Waals surface area contributed by atoms with Crippen molar-refractivity contribution in [3.05, 3.63) is 138 Å². The Balaban J connectivity index is 1.34. The van der Waals surface area contributed by atoms with E-state index in [1.807, 2.05) is 31.2 Å². The lowest BCUT2D eigenvalue weighted by Gasteiger charge is -2.23. The van der Waals surface area contributed by atoms with Crippen LogP contribution in [0.4, 0.5) is 14.5 Å². The number of amides is 1. The smallest absolute Gasteiger partial charge is 0.271 e. The lowest BCUT2D eigenvalue weighted by atomic mass is 10.00. The molecule has 0 bridgehead atoms. The lowest BCUT2D eigenvalue weighted by Crippen LogP contribution is -2.40. The van der Waals surface area contributed by atoms with E-state index in [1.165, 1.54) is 10.6 Å². The molecule has 5 aromatic rings. The van der Waals surface area contributed by atoms with E-state index in [0.717, 1.165) is 29.0 Å². The second-order valence-electron chi connectivity index (χ2n) is 9.97.